The summed E-state index contributed by atoms with van der Waals surface area (Å²) in [4.78, 5) is 14.4. The highest BCUT2D eigenvalue weighted by Gasteiger charge is 2.26. The van der Waals surface area contributed by atoms with Crippen LogP contribution in [0.1, 0.15) is 31.2 Å². The molecule has 1 aliphatic heterocycles. The van der Waals surface area contributed by atoms with Crippen molar-refractivity contribution >= 4 is 5.97 Å². The molecule has 0 saturated carbocycles. The number of nitrogens with zero attached hydrogens (tertiary/aromatic N) is 1. The molecule has 0 radical (unpaired) electrons. The summed E-state index contributed by atoms with van der Waals surface area (Å²) in [6.07, 6.45) is 2.56. The van der Waals surface area contributed by atoms with E-state index < -0.39 is 0 Å². The molecule has 21 heavy (non-hydrogen) atoms. The maximum atomic E-state index is 12.1. The van der Waals surface area contributed by atoms with E-state index in [1.54, 1.807) is 0 Å². The Morgan fingerprint density at radius 3 is 2.76 bits per heavy atom. The first-order chi connectivity index (χ1) is 10.2. The summed E-state index contributed by atoms with van der Waals surface area (Å²) in [6.45, 7) is 5.44. The molecule has 0 spiro atoms. The van der Waals surface area contributed by atoms with Gasteiger partial charge in [0.1, 0.15) is 0 Å². The zero-order valence-electron chi connectivity index (χ0n) is 13.0. The van der Waals surface area contributed by atoms with Crippen LogP contribution in [0.25, 0.3) is 0 Å². The largest absolute Gasteiger partial charge is 0.469 e. The van der Waals surface area contributed by atoms with Crippen LogP contribution in [-0.2, 0) is 14.3 Å². The molecule has 4 heteroatoms. The van der Waals surface area contributed by atoms with Crippen molar-refractivity contribution < 1.29 is 14.3 Å². The molecule has 1 heterocycles. The Kier molecular flexibility index (Phi) is 6.21. The number of hydrogen-bond acceptors (Lipinski definition) is 4. The molecule has 1 aromatic carbocycles. The van der Waals surface area contributed by atoms with Crippen LogP contribution in [0.4, 0.5) is 0 Å². The van der Waals surface area contributed by atoms with Gasteiger partial charge in [0.05, 0.1) is 19.1 Å². The average molecular weight is 291 g/mol. The summed E-state index contributed by atoms with van der Waals surface area (Å²) in [7, 11) is 1.45. The molecule has 2 rings (SSSR count). The minimum absolute atomic E-state index is 0.174. The Bertz CT molecular complexity index is 429. The van der Waals surface area contributed by atoms with Gasteiger partial charge in [-0.1, -0.05) is 37.3 Å². The first kappa shape index (κ1) is 16.0. The van der Waals surface area contributed by atoms with Crippen molar-refractivity contribution in [2.75, 3.05) is 33.4 Å². The Morgan fingerprint density at radius 2 is 2.19 bits per heavy atom. The lowest BCUT2D eigenvalue weighted by atomic mass is 9.98. The second kappa shape index (κ2) is 8.15. The van der Waals surface area contributed by atoms with Gasteiger partial charge < -0.3 is 9.47 Å². The molecule has 1 fully saturated rings. The van der Waals surface area contributed by atoms with Gasteiger partial charge in [0.25, 0.3) is 0 Å². The number of methoxy groups -OCH3 is 1. The Balaban J connectivity index is 2.03. The molecule has 0 bridgehead atoms. The summed E-state index contributed by atoms with van der Waals surface area (Å²) < 4.78 is 10.7. The fourth-order valence-electron chi connectivity index (χ4n) is 2.81. The fraction of sp³-hybridized carbons (Fsp3) is 0.588. The molecule has 2 atom stereocenters. The number of ether oxygens (including phenoxy) is 2. The first-order valence-electron chi connectivity index (χ1n) is 7.71. The van der Waals surface area contributed by atoms with Gasteiger partial charge >= 0.3 is 5.97 Å². The minimum atomic E-state index is -0.238. The molecule has 1 aliphatic rings. The van der Waals surface area contributed by atoms with Crippen molar-refractivity contribution in [3.05, 3.63) is 35.9 Å². The van der Waals surface area contributed by atoms with E-state index in [0.717, 1.165) is 38.1 Å². The Labute approximate surface area is 127 Å². The van der Waals surface area contributed by atoms with Crippen LogP contribution in [0.3, 0.4) is 0 Å². The van der Waals surface area contributed by atoms with E-state index in [-0.39, 0.29) is 11.9 Å². The molecule has 0 aliphatic carbocycles. The molecule has 1 aromatic rings. The van der Waals surface area contributed by atoms with Gasteiger partial charge in [0, 0.05) is 19.7 Å². The predicted octanol–water partition coefficient (Wildman–Crippen LogP) is 2.44. The average Bonchev–Trinajstić information content (AvgIpc) is 3.04. The summed E-state index contributed by atoms with van der Waals surface area (Å²) in [5, 5.41) is 0. The smallest absolute Gasteiger partial charge is 0.314 e. The third-order valence-corrected chi connectivity index (χ3v) is 4.06. The zero-order valence-corrected chi connectivity index (χ0v) is 13.0. The van der Waals surface area contributed by atoms with Crippen LogP contribution in [0.5, 0.6) is 0 Å². The van der Waals surface area contributed by atoms with Crippen molar-refractivity contribution in [3.63, 3.8) is 0 Å². The molecule has 2 unspecified atom stereocenters. The second-order valence-electron chi connectivity index (χ2n) is 5.47. The number of likely N-dealkylation sites (N-methyl/N-ethyl adjacent to an activating group) is 1. The monoisotopic (exact) mass is 291 g/mol. The van der Waals surface area contributed by atoms with Crippen molar-refractivity contribution in [2.24, 2.45) is 0 Å². The van der Waals surface area contributed by atoms with E-state index in [0.29, 0.717) is 12.6 Å². The lowest BCUT2D eigenvalue weighted by molar-refractivity contribution is -0.143. The molecular formula is C17H25NO3. The summed E-state index contributed by atoms with van der Waals surface area (Å²) >= 11 is 0. The SMILES string of the molecule is CCN(CC1CCCO1)CC(C(=O)OC)c1ccccc1. The van der Waals surface area contributed by atoms with Gasteiger partial charge in [-0.2, -0.15) is 0 Å². The topological polar surface area (TPSA) is 38.8 Å². The third-order valence-electron chi connectivity index (χ3n) is 4.06. The number of carbonyl (C=O) groups is 1. The zero-order chi connectivity index (χ0) is 15.1. The van der Waals surface area contributed by atoms with Gasteiger partial charge in [-0.25, -0.2) is 0 Å². The minimum Gasteiger partial charge on any atom is -0.469 e. The number of benzene rings is 1. The lowest BCUT2D eigenvalue weighted by Crippen LogP contribution is -2.37. The molecule has 0 amide bonds. The number of esters is 1. The highest BCUT2D eigenvalue weighted by Crippen LogP contribution is 2.20. The second-order valence-corrected chi connectivity index (χ2v) is 5.47. The molecular weight excluding hydrogens is 266 g/mol. The van der Waals surface area contributed by atoms with E-state index in [4.69, 9.17) is 9.47 Å². The van der Waals surface area contributed by atoms with Crippen LogP contribution in [-0.4, -0.2) is 50.3 Å². The highest BCUT2D eigenvalue weighted by atomic mass is 16.5. The summed E-state index contributed by atoms with van der Waals surface area (Å²) in [5.41, 5.74) is 1.01. The van der Waals surface area contributed by atoms with Gasteiger partial charge in [-0.15, -0.1) is 0 Å². The van der Waals surface area contributed by atoms with Crippen molar-refractivity contribution in [1.82, 2.24) is 4.90 Å². The van der Waals surface area contributed by atoms with Crippen LogP contribution in [0.15, 0.2) is 30.3 Å². The summed E-state index contributed by atoms with van der Waals surface area (Å²) in [5.74, 6) is -0.412. The first-order valence-corrected chi connectivity index (χ1v) is 7.71. The maximum Gasteiger partial charge on any atom is 0.314 e. The number of rotatable bonds is 7. The third kappa shape index (κ3) is 4.55. The lowest BCUT2D eigenvalue weighted by Gasteiger charge is -2.27. The van der Waals surface area contributed by atoms with Gasteiger partial charge in [-0.3, -0.25) is 9.69 Å². The van der Waals surface area contributed by atoms with E-state index in [2.05, 4.69) is 11.8 Å². The molecule has 0 N–H and O–H groups in total. The Morgan fingerprint density at radius 1 is 1.43 bits per heavy atom. The quantitative estimate of drug-likeness (QED) is 0.723. The van der Waals surface area contributed by atoms with Gasteiger partial charge in [0.15, 0.2) is 0 Å². The number of hydrogen-bond donors (Lipinski definition) is 0. The Hall–Kier alpha value is -1.39. The summed E-state index contributed by atoms with van der Waals surface area (Å²) in [6, 6.07) is 9.86. The molecule has 1 saturated heterocycles. The van der Waals surface area contributed by atoms with E-state index >= 15 is 0 Å². The standard InChI is InChI=1S/C17H25NO3/c1-3-18(12-15-10-7-11-21-15)13-16(17(19)20-2)14-8-5-4-6-9-14/h4-6,8-9,15-16H,3,7,10-13H2,1-2H3. The van der Waals surface area contributed by atoms with Crippen LogP contribution < -0.4 is 0 Å². The van der Waals surface area contributed by atoms with Crippen molar-refractivity contribution in [2.45, 2.75) is 31.8 Å². The van der Waals surface area contributed by atoms with Gasteiger partial charge in [-0.05, 0) is 24.9 Å². The predicted molar refractivity (Wildman–Crippen MR) is 82.3 cm³/mol. The van der Waals surface area contributed by atoms with Crippen molar-refractivity contribution in [1.29, 1.82) is 0 Å². The molecule has 4 nitrogen and oxygen atoms in total. The van der Waals surface area contributed by atoms with E-state index in [1.807, 2.05) is 30.3 Å². The molecule has 0 aromatic heterocycles. The van der Waals surface area contributed by atoms with E-state index in [9.17, 15) is 4.79 Å². The molecule has 116 valence electrons. The van der Waals surface area contributed by atoms with Crippen LogP contribution in [0, 0.1) is 0 Å². The number of carbonyl (C=O) groups excluding carboxylic acids is 1. The van der Waals surface area contributed by atoms with Crippen LogP contribution in [0.2, 0.25) is 0 Å². The maximum absolute atomic E-state index is 12.1. The van der Waals surface area contributed by atoms with Crippen LogP contribution >= 0.6 is 0 Å². The van der Waals surface area contributed by atoms with Crippen molar-refractivity contribution in [3.8, 4) is 0 Å². The van der Waals surface area contributed by atoms with E-state index in [1.165, 1.54) is 7.11 Å². The van der Waals surface area contributed by atoms with Gasteiger partial charge in [0.2, 0.25) is 0 Å². The normalized spacial score (nSPS) is 19.7. The highest BCUT2D eigenvalue weighted by molar-refractivity contribution is 5.78. The fourth-order valence-corrected chi connectivity index (χ4v) is 2.81.